The topological polar surface area (TPSA) is 101 Å². The van der Waals surface area contributed by atoms with E-state index in [2.05, 4.69) is 25.0 Å². The molecule has 4 heterocycles. The van der Waals surface area contributed by atoms with Crippen molar-refractivity contribution in [3.05, 3.63) is 105 Å². The lowest BCUT2D eigenvalue weighted by Gasteiger charge is -2.23. The number of nitrogens with one attached hydrogen (secondary N) is 2. The van der Waals surface area contributed by atoms with Crippen LogP contribution in [-0.2, 0) is 20.1 Å². The fourth-order valence-electron chi connectivity index (χ4n) is 5.02. The predicted octanol–water partition coefficient (Wildman–Crippen LogP) is 6.03. The van der Waals surface area contributed by atoms with Crippen LogP contribution in [-0.4, -0.2) is 24.5 Å². The number of aryl methyl sites for hydroxylation is 1. The van der Waals surface area contributed by atoms with Gasteiger partial charge in [0.1, 0.15) is 16.0 Å². The molecule has 2 aromatic carbocycles. The number of hydrogen-bond donors (Lipinski definition) is 2. The summed E-state index contributed by atoms with van der Waals surface area (Å²) in [5, 5.41) is 5.02. The number of nitrogens with zero attached hydrogens (tertiary/aromatic N) is 6. The van der Waals surface area contributed by atoms with Gasteiger partial charge in [-0.05, 0) is 66.9 Å². The van der Waals surface area contributed by atoms with Gasteiger partial charge in [-0.25, -0.2) is 24.3 Å². The number of halogens is 2. The highest BCUT2D eigenvalue weighted by Gasteiger charge is 2.25. The third kappa shape index (κ3) is 5.42. The number of pyridine rings is 1. The molecule has 0 bridgehead atoms. The van der Waals surface area contributed by atoms with E-state index in [4.69, 9.17) is 16.6 Å². The van der Waals surface area contributed by atoms with Crippen molar-refractivity contribution in [1.82, 2.24) is 24.5 Å². The van der Waals surface area contributed by atoms with Crippen LogP contribution in [0.2, 0.25) is 5.15 Å². The molecule has 3 aromatic heterocycles. The third-order valence-electron chi connectivity index (χ3n) is 6.97. The number of hydrogen-bond acceptors (Lipinski definition) is 9. The second-order valence-corrected chi connectivity index (χ2v) is 11.1. The molecule has 0 saturated heterocycles. The van der Waals surface area contributed by atoms with Crippen LogP contribution in [0.1, 0.15) is 35.2 Å². The Morgan fingerprint density at radius 3 is 2.63 bits per heavy atom. The van der Waals surface area contributed by atoms with Crippen LogP contribution < -0.4 is 20.5 Å². The Kier molecular flexibility index (Phi) is 7.22. The lowest BCUT2D eigenvalue weighted by Crippen LogP contribution is -2.28. The van der Waals surface area contributed by atoms with Crippen molar-refractivity contribution in [2.45, 2.75) is 38.0 Å². The van der Waals surface area contributed by atoms with Crippen molar-refractivity contribution < 1.29 is 4.39 Å². The normalized spacial score (nSPS) is 13.3. The highest BCUT2D eigenvalue weighted by atomic mass is 35.5. The minimum Gasteiger partial charge on any atom is -0.376 e. The van der Waals surface area contributed by atoms with Gasteiger partial charge in [-0.1, -0.05) is 23.7 Å². The molecule has 0 saturated carbocycles. The molecule has 0 radical (unpaired) electrons. The van der Waals surface area contributed by atoms with Gasteiger partial charge in [-0.2, -0.15) is 0 Å². The highest BCUT2D eigenvalue weighted by Crippen LogP contribution is 2.33. The van der Waals surface area contributed by atoms with Crippen LogP contribution in [0.5, 0.6) is 0 Å². The number of anilines is 3. The second kappa shape index (κ2) is 11.0. The van der Waals surface area contributed by atoms with Crippen LogP contribution in [0, 0.1) is 12.7 Å². The van der Waals surface area contributed by atoms with Gasteiger partial charge in [0.15, 0.2) is 0 Å². The van der Waals surface area contributed by atoms with Crippen molar-refractivity contribution in [3.8, 4) is 0 Å². The maximum Gasteiger partial charge on any atom is 0.262 e. The van der Waals surface area contributed by atoms with Crippen LogP contribution in [0.15, 0.2) is 70.7 Å². The zero-order valence-electron chi connectivity index (χ0n) is 22.5. The molecule has 1 atom stereocenters. The lowest BCUT2D eigenvalue weighted by atomic mass is 10.0. The summed E-state index contributed by atoms with van der Waals surface area (Å²) in [6, 6.07) is 13.8. The first kappa shape index (κ1) is 27.0. The summed E-state index contributed by atoms with van der Waals surface area (Å²) in [5.41, 5.74) is 4.95. The molecule has 2 N–H and O–H groups in total. The Labute approximate surface area is 245 Å². The molecule has 12 heteroatoms. The van der Waals surface area contributed by atoms with E-state index in [-0.39, 0.29) is 17.4 Å². The second-order valence-electron chi connectivity index (χ2n) is 9.92. The first-order valence-electron chi connectivity index (χ1n) is 12.9. The fourth-order valence-corrected chi connectivity index (χ4v) is 5.89. The van der Waals surface area contributed by atoms with Gasteiger partial charge >= 0.3 is 0 Å². The minimum atomic E-state index is -0.274. The van der Waals surface area contributed by atoms with Gasteiger partial charge in [0.25, 0.3) is 5.56 Å². The Balaban J connectivity index is 1.35. The van der Waals surface area contributed by atoms with Gasteiger partial charge in [0, 0.05) is 50.0 Å². The Morgan fingerprint density at radius 2 is 1.83 bits per heavy atom. The monoisotopic (exact) mass is 588 g/mol. The van der Waals surface area contributed by atoms with Crippen LogP contribution in [0.3, 0.4) is 0 Å². The van der Waals surface area contributed by atoms with Gasteiger partial charge in [-0.15, -0.1) is 0 Å². The van der Waals surface area contributed by atoms with Gasteiger partial charge < -0.3 is 10.2 Å². The van der Waals surface area contributed by atoms with E-state index in [9.17, 15) is 9.18 Å². The highest BCUT2D eigenvalue weighted by molar-refractivity contribution is 8.00. The zero-order valence-corrected chi connectivity index (χ0v) is 24.1. The standard InChI is InChI=1S/C29H26ClFN8OS/c1-16-11-21(17(2)34-23-7-8-24(30)35-26(23)41-37-28-32-9-4-10-33-28)25-22(12-16)27(40)38(3)29(36-25)39-14-18-5-6-20(31)13-19(18)15-39/h4-13,17,34H,14-15H2,1-3H3,(H,32,33,37). The van der Waals surface area contributed by atoms with Gasteiger partial charge in [0.2, 0.25) is 11.9 Å². The summed E-state index contributed by atoms with van der Waals surface area (Å²) in [5.74, 6) is 0.708. The number of aromatic nitrogens is 5. The maximum atomic E-state index is 13.9. The van der Waals surface area contributed by atoms with Crippen LogP contribution in [0.4, 0.5) is 22.0 Å². The van der Waals surface area contributed by atoms with E-state index < -0.39 is 0 Å². The smallest absolute Gasteiger partial charge is 0.262 e. The average Bonchev–Trinajstić information content (AvgIpc) is 3.38. The summed E-state index contributed by atoms with van der Waals surface area (Å²) in [6.07, 6.45) is 3.30. The molecule has 5 aromatic rings. The SMILES string of the molecule is Cc1cc(C(C)Nc2ccc(Cl)nc2SNc2ncccn2)c2nc(N3Cc4ccc(F)cc4C3)n(C)c(=O)c2c1. The van der Waals surface area contributed by atoms with Crippen molar-refractivity contribution in [3.63, 3.8) is 0 Å². The van der Waals surface area contributed by atoms with Gasteiger partial charge in [0.05, 0.1) is 22.6 Å². The van der Waals surface area contributed by atoms with E-state index in [1.54, 1.807) is 48.3 Å². The molecular weight excluding hydrogens is 563 g/mol. The van der Waals surface area contributed by atoms with Crippen LogP contribution >= 0.6 is 23.5 Å². The molecule has 0 aliphatic carbocycles. The average molecular weight is 589 g/mol. The van der Waals surface area contributed by atoms with Gasteiger partial charge in [-0.3, -0.25) is 14.1 Å². The summed E-state index contributed by atoms with van der Waals surface area (Å²) in [7, 11) is 1.73. The fraction of sp³-hybridized carbons (Fsp3) is 0.207. The number of benzene rings is 2. The molecule has 0 amide bonds. The largest absolute Gasteiger partial charge is 0.376 e. The summed E-state index contributed by atoms with van der Waals surface area (Å²) < 4.78 is 18.5. The van der Waals surface area contributed by atoms with E-state index in [0.29, 0.717) is 46.1 Å². The molecule has 0 fully saturated rings. The summed E-state index contributed by atoms with van der Waals surface area (Å²) in [4.78, 5) is 33.5. The van der Waals surface area contributed by atoms with E-state index in [1.807, 2.05) is 36.9 Å². The molecule has 6 rings (SSSR count). The van der Waals surface area contributed by atoms with Crippen molar-refractivity contribution in [1.29, 1.82) is 0 Å². The number of rotatable bonds is 7. The van der Waals surface area contributed by atoms with Crippen molar-refractivity contribution >= 4 is 52.0 Å². The third-order valence-corrected chi connectivity index (χ3v) is 7.97. The Hall–Kier alpha value is -4.22. The van der Waals surface area contributed by atoms with E-state index in [0.717, 1.165) is 27.9 Å². The van der Waals surface area contributed by atoms with E-state index in [1.165, 1.54) is 18.0 Å². The Bertz CT molecular complexity index is 1830. The first-order valence-corrected chi connectivity index (χ1v) is 14.1. The first-order chi connectivity index (χ1) is 19.8. The molecule has 9 nitrogen and oxygen atoms in total. The molecule has 1 aliphatic heterocycles. The van der Waals surface area contributed by atoms with Crippen LogP contribution in [0.25, 0.3) is 10.9 Å². The summed E-state index contributed by atoms with van der Waals surface area (Å²) >= 11 is 7.46. The molecule has 1 unspecified atom stereocenters. The Morgan fingerprint density at radius 1 is 1.05 bits per heavy atom. The summed E-state index contributed by atoms with van der Waals surface area (Å²) in [6.45, 7) is 5.00. The van der Waals surface area contributed by atoms with Crippen molar-refractivity contribution in [2.24, 2.45) is 7.05 Å². The molecule has 208 valence electrons. The van der Waals surface area contributed by atoms with E-state index >= 15 is 0 Å². The quantitative estimate of drug-likeness (QED) is 0.174. The molecule has 41 heavy (non-hydrogen) atoms. The maximum absolute atomic E-state index is 13.9. The lowest BCUT2D eigenvalue weighted by molar-refractivity contribution is 0.626. The molecule has 0 spiro atoms. The van der Waals surface area contributed by atoms with Crippen molar-refractivity contribution in [2.75, 3.05) is 14.9 Å². The predicted molar refractivity (Wildman–Crippen MR) is 161 cm³/mol. The molecule has 1 aliphatic rings. The number of fused-ring (bicyclic) bond motifs is 2. The zero-order chi connectivity index (χ0) is 28.7. The molecular formula is C29H26ClFN8OS. The minimum absolute atomic E-state index is 0.138.